The van der Waals surface area contributed by atoms with Crippen LogP contribution in [0, 0.1) is 17.8 Å². The molecule has 0 radical (unpaired) electrons. The Morgan fingerprint density at radius 2 is 1.65 bits per heavy atom. The number of alkyl carbamates (subject to hydrolysis) is 1. The predicted octanol–water partition coefficient (Wildman–Crippen LogP) is 4.59. The molecule has 0 bridgehead atoms. The lowest BCUT2D eigenvalue weighted by Crippen LogP contribution is -2.63. The normalized spacial score (nSPS) is 20.5. The van der Waals surface area contributed by atoms with E-state index >= 15 is 0 Å². The van der Waals surface area contributed by atoms with Crippen molar-refractivity contribution in [2.24, 2.45) is 23.5 Å². The number of carbonyl (C=O) groups is 9. The SMILES string of the molecule is CCCNC(N)=O.CNC(=O)CC(OC(=O)C(C)N(C)C(=O)CNC(=O)C(NC(=O)CCCCCN(C(C)=O)C(=O)CC(C)C)C(C)C)C1(C)OC1C(C)C1CC(O)(C(/C=C/C=C(\C)Cc2ccc(Cl)c(OC)c2)OC)NC(=O)O1. The van der Waals surface area contributed by atoms with E-state index in [4.69, 9.17) is 41.0 Å². The number of hydrogen-bond acceptors (Lipinski definition) is 15. The third-order valence-electron chi connectivity index (χ3n) is 13.8. The quantitative estimate of drug-likeness (QED) is 0.0240. The van der Waals surface area contributed by atoms with E-state index in [1.807, 2.05) is 45.9 Å². The lowest BCUT2D eigenvalue weighted by molar-refractivity contribution is -0.162. The zero-order valence-corrected chi connectivity index (χ0v) is 49.9. The van der Waals surface area contributed by atoms with Gasteiger partial charge in [0.15, 0.2) is 5.72 Å². The molecule has 80 heavy (non-hydrogen) atoms. The molecule has 9 amide bonds. The number of hydrogen-bond donors (Lipinski definition) is 7. The number of amides is 9. The topological polar surface area (TPSA) is 316 Å². The zero-order chi connectivity index (χ0) is 60.7. The summed E-state index contributed by atoms with van der Waals surface area (Å²) in [6.45, 7) is 17.8. The summed E-state index contributed by atoms with van der Waals surface area (Å²) in [6.07, 6.45) is 3.52. The molecule has 0 aliphatic carbocycles. The van der Waals surface area contributed by atoms with Gasteiger partial charge < -0.3 is 60.7 Å². The number of esters is 1. The maximum atomic E-state index is 13.7. The van der Waals surface area contributed by atoms with Gasteiger partial charge in [-0.3, -0.25) is 39.0 Å². The van der Waals surface area contributed by atoms with Crippen molar-refractivity contribution in [2.75, 3.05) is 47.9 Å². The first kappa shape index (κ1) is 69.8. The second-order valence-corrected chi connectivity index (χ2v) is 21.6. The van der Waals surface area contributed by atoms with E-state index < -0.39 is 96.1 Å². The van der Waals surface area contributed by atoms with Crippen molar-refractivity contribution < 1.29 is 71.9 Å². The average Bonchev–Trinajstić information content (AvgIpc) is 4.09. The molecule has 1 aromatic carbocycles. The maximum Gasteiger partial charge on any atom is 0.409 e. The van der Waals surface area contributed by atoms with Crippen LogP contribution in [0.3, 0.4) is 0 Å². The van der Waals surface area contributed by atoms with E-state index in [0.29, 0.717) is 43.0 Å². The third kappa shape index (κ3) is 22.3. The standard InChI is InChI=1S/C52H79ClN6O14.C4H10N2O/c1-30(2)24-44(63)59(35(8)60)23-16-14-15-20-42(61)56-46(31(3)4)48(65)55-29-45(64)58(11)34(7)49(66)72-41(27-43(62)54-10)51(9)47(73-51)33(6)39-28-52(68,57-50(67)71-39)40(70-13)19-17-18-32(5)25-36-21-22-37(53)38(26-36)69-12;1-2-3-6-4(5)7/h17-19,21-22,26,30-31,33-34,39-41,46-47,68H,14-16,20,23-25,27-29H2,1-13H3,(H,54,62)(H,55,65)(H,56,61)(H,57,67);2-3H2,1H3,(H3,5,6,7)/b19-17+,32-18+;. The number of ether oxygens (including phenoxy) is 5. The summed E-state index contributed by atoms with van der Waals surface area (Å²) in [6, 6.07) is 2.91. The summed E-state index contributed by atoms with van der Waals surface area (Å²) in [4.78, 5) is 116. The van der Waals surface area contributed by atoms with Crippen LogP contribution in [0.25, 0.3) is 0 Å². The molecule has 9 unspecified atom stereocenters. The van der Waals surface area contributed by atoms with Gasteiger partial charge in [0.2, 0.25) is 35.4 Å². The number of epoxide rings is 1. The number of allylic oxidation sites excluding steroid dienone is 3. The van der Waals surface area contributed by atoms with Crippen molar-refractivity contribution in [3.63, 3.8) is 0 Å². The van der Waals surface area contributed by atoms with Gasteiger partial charge >= 0.3 is 18.1 Å². The number of nitrogens with one attached hydrogen (secondary N) is 5. The Bertz CT molecular complexity index is 2350. The molecule has 23 nitrogen and oxygen atoms in total. The van der Waals surface area contributed by atoms with Gasteiger partial charge in [-0.05, 0) is 76.0 Å². The first-order valence-electron chi connectivity index (χ1n) is 27.1. The van der Waals surface area contributed by atoms with E-state index in [2.05, 4.69) is 26.6 Å². The monoisotopic (exact) mass is 1150 g/mol. The number of urea groups is 1. The Hall–Kier alpha value is -6.30. The Morgan fingerprint density at radius 3 is 2.21 bits per heavy atom. The highest BCUT2D eigenvalue weighted by Gasteiger charge is 2.64. The van der Waals surface area contributed by atoms with Gasteiger partial charge in [-0.2, -0.15) is 0 Å². The Kier molecular flexibility index (Phi) is 29.2. The molecular weight excluding hydrogens is 1060 g/mol. The summed E-state index contributed by atoms with van der Waals surface area (Å²) in [5, 5.41) is 25.1. The minimum absolute atomic E-state index is 0.104. The molecule has 2 aliphatic rings. The number of likely N-dealkylation sites (N-methyl/N-ethyl adjacent to an activating group) is 1. The fraction of sp³-hybridized carbons (Fsp3) is 0.661. The molecule has 0 aromatic heterocycles. The number of benzene rings is 1. The van der Waals surface area contributed by atoms with Gasteiger partial charge in [-0.1, -0.05) is 89.4 Å². The second kappa shape index (κ2) is 33.5. The summed E-state index contributed by atoms with van der Waals surface area (Å²) in [7, 11) is 5.73. The van der Waals surface area contributed by atoms with Crippen molar-refractivity contribution >= 4 is 65.1 Å². The van der Waals surface area contributed by atoms with Gasteiger partial charge in [0.05, 0.1) is 31.2 Å². The maximum absolute atomic E-state index is 13.7. The van der Waals surface area contributed by atoms with Crippen LogP contribution in [0.5, 0.6) is 5.75 Å². The summed E-state index contributed by atoms with van der Waals surface area (Å²) in [5.41, 5.74) is 3.52. The molecule has 8 N–H and O–H groups in total. The Labute approximate surface area is 476 Å². The number of nitrogens with two attached hydrogens (primary N) is 1. The number of aliphatic hydroxyl groups is 1. The first-order valence-corrected chi connectivity index (χ1v) is 27.5. The molecule has 24 heteroatoms. The number of methoxy groups -OCH3 is 2. The molecule has 9 atom stereocenters. The van der Waals surface area contributed by atoms with Crippen LogP contribution in [0.15, 0.2) is 42.0 Å². The fourth-order valence-electron chi connectivity index (χ4n) is 8.82. The molecule has 0 saturated carbocycles. The third-order valence-corrected chi connectivity index (χ3v) is 14.1. The number of nitrogens with zero attached hydrogens (tertiary/aromatic N) is 2. The Morgan fingerprint density at radius 1 is 0.975 bits per heavy atom. The van der Waals surface area contributed by atoms with Gasteiger partial charge in [0.1, 0.15) is 41.7 Å². The number of primary amides is 1. The lowest BCUT2D eigenvalue weighted by atomic mass is 9.83. The van der Waals surface area contributed by atoms with Crippen LogP contribution < -0.4 is 37.1 Å². The van der Waals surface area contributed by atoms with Crippen LogP contribution in [0.2, 0.25) is 5.02 Å². The molecule has 0 spiro atoms. The molecular formula is C56H89ClN8O15. The van der Waals surface area contributed by atoms with Crippen molar-refractivity contribution in [1.82, 2.24) is 36.4 Å². The van der Waals surface area contributed by atoms with Gasteiger partial charge in [0, 0.05) is 66.4 Å². The fourth-order valence-corrected chi connectivity index (χ4v) is 9.01. The molecule has 1 aromatic rings. The van der Waals surface area contributed by atoms with E-state index in [-0.39, 0.29) is 61.8 Å². The summed E-state index contributed by atoms with van der Waals surface area (Å²) in [5.74, 6) is -3.77. The van der Waals surface area contributed by atoms with E-state index in [1.165, 1.54) is 40.0 Å². The summed E-state index contributed by atoms with van der Waals surface area (Å²) < 4.78 is 28.7. The van der Waals surface area contributed by atoms with Crippen molar-refractivity contribution in [1.29, 1.82) is 0 Å². The molecule has 2 saturated heterocycles. The minimum Gasteiger partial charge on any atom is -0.495 e. The highest BCUT2D eigenvalue weighted by molar-refractivity contribution is 6.32. The van der Waals surface area contributed by atoms with Crippen molar-refractivity contribution in [3.8, 4) is 5.75 Å². The van der Waals surface area contributed by atoms with Crippen LogP contribution in [-0.2, 0) is 58.9 Å². The van der Waals surface area contributed by atoms with Gasteiger partial charge in [-0.15, -0.1) is 0 Å². The zero-order valence-electron chi connectivity index (χ0n) is 49.2. The number of imide groups is 1. The average molecular weight is 1150 g/mol. The van der Waals surface area contributed by atoms with Gasteiger partial charge in [-0.25, -0.2) is 14.4 Å². The lowest BCUT2D eigenvalue weighted by Gasteiger charge is -2.42. The second-order valence-electron chi connectivity index (χ2n) is 21.2. The number of carbonyl (C=O) groups excluding carboxylic acids is 9. The van der Waals surface area contributed by atoms with Crippen molar-refractivity contribution in [2.45, 2.75) is 175 Å². The molecule has 2 heterocycles. The van der Waals surface area contributed by atoms with E-state index in [9.17, 15) is 48.3 Å². The van der Waals surface area contributed by atoms with Crippen LogP contribution in [-0.4, -0.2) is 164 Å². The predicted molar refractivity (Wildman–Crippen MR) is 300 cm³/mol. The first-order chi connectivity index (χ1) is 37.5. The minimum atomic E-state index is -1.90. The smallest absolute Gasteiger partial charge is 0.409 e. The van der Waals surface area contributed by atoms with Crippen LogP contribution >= 0.6 is 11.6 Å². The Balaban J connectivity index is 0.00000292. The molecule has 450 valence electrons. The molecule has 2 fully saturated rings. The van der Waals surface area contributed by atoms with Gasteiger partial charge in [0.25, 0.3) is 0 Å². The number of unbranched alkanes of at least 4 members (excludes halogenated alkanes) is 2. The van der Waals surface area contributed by atoms with Crippen LogP contribution in [0.4, 0.5) is 9.59 Å². The highest BCUT2D eigenvalue weighted by Crippen LogP contribution is 2.49. The van der Waals surface area contributed by atoms with E-state index in [0.717, 1.165) is 22.5 Å². The highest BCUT2D eigenvalue weighted by atomic mass is 35.5. The van der Waals surface area contributed by atoms with E-state index in [1.54, 1.807) is 53.0 Å². The molecule has 2 aliphatic heterocycles. The number of cyclic esters (lactones) is 1. The number of rotatable bonds is 30. The number of halogens is 1. The largest absolute Gasteiger partial charge is 0.495 e. The molecule has 3 rings (SSSR count). The summed E-state index contributed by atoms with van der Waals surface area (Å²) >= 11 is 6.17. The van der Waals surface area contributed by atoms with Crippen molar-refractivity contribution in [3.05, 3.63) is 52.6 Å². The van der Waals surface area contributed by atoms with Crippen LogP contribution in [0.1, 0.15) is 126 Å².